The van der Waals surface area contributed by atoms with Gasteiger partial charge in [-0.1, -0.05) is 60.4 Å². The molecule has 9 rings (SSSR count). The van der Waals surface area contributed by atoms with E-state index in [2.05, 4.69) is 21.8 Å². The molecule has 274 valence electrons. The third-order valence-corrected chi connectivity index (χ3v) is 10.3. The van der Waals surface area contributed by atoms with Crippen LogP contribution in [0.4, 0.5) is 0 Å². The van der Waals surface area contributed by atoms with E-state index in [4.69, 9.17) is 22.8 Å². The van der Waals surface area contributed by atoms with Gasteiger partial charge in [0.25, 0.3) is 0 Å². The maximum atomic E-state index is 11.8. The van der Waals surface area contributed by atoms with Crippen LogP contribution in [0.1, 0.15) is 54.6 Å². The molecule has 8 bridgehead atoms. The lowest BCUT2D eigenvalue weighted by molar-refractivity contribution is 0.0686. The van der Waals surface area contributed by atoms with Crippen LogP contribution in [0.15, 0.2) is 121 Å². The summed E-state index contributed by atoms with van der Waals surface area (Å²) in [4.78, 5) is 41.5. The molecule has 5 heterocycles. The smallest absolute Gasteiger partial charge is 0.335 e. The normalized spacial score (nSPS) is 11.6. The Labute approximate surface area is 332 Å². The molecule has 2 aliphatic rings. The van der Waals surface area contributed by atoms with E-state index in [0.717, 1.165) is 89.1 Å². The molecule has 0 unspecified atom stereocenters. The molecule has 58 heavy (non-hydrogen) atoms. The van der Waals surface area contributed by atoms with Crippen LogP contribution in [0.5, 0.6) is 0 Å². The average molecular weight is 751 g/mol. The number of hydrogen-bond acceptors (Lipinski definition) is 4. The molecule has 0 saturated heterocycles. The van der Waals surface area contributed by atoms with Gasteiger partial charge in [0.1, 0.15) is 0 Å². The highest BCUT2D eigenvalue weighted by Crippen LogP contribution is 2.38. The van der Waals surface area contributed by atoms with Crippen LogP contribution in [-0.2, 0) is 0 Å². The van der Waals surface area contributed by atoms with Gasteiger partial charge in [-0.25, -0.2) is 19.6 Å². The summed E-state index contributed by atoms with van der Waals surface area (Å²) >= 11 is 0. The lowest BCUT2D eigenvalue weighted by atomic mass is 10.0. The summed E-state index contributed by atoms with van der Waals surface area (Å²) in [7, 11) is 0. The fraction of sp³-hybridized carbons (Fsp3) is 0. The van der Waals surface area contributed by atoms with E-state index >= 15 is 0 Å². The fourth-order valence-corrected chi connectivity index (χ4v) is 7.45. The molecule has 7 aromatic rings. The van der Waals surface area contributed by atoms with Crippen molar-refractivity contribution in [1.82, 2.24) is 19.9 Å². The molecule has 8 heteroatoms. The zero-order chi connectivity index (χ0) is 39.9. The molecule has 0 radical (unpaired) electrons. The molecule has 8 nitrogen and oxygen atoms in total. The van der Waals surface area contributed by atoms with E-state index < -0.39 is 11.9 Å². The van der Waals surface area contributed by atoms with Gasteiger partial charge in [0.05, 0.1) is 33.9 Å². The molecule has 2 aliphatic heterocycles. The van der Waals surface area contributed by atoms with Crippen molar-refractivity contribution >= 4 is 58.3 Å². The van der Waals surface area contributed by atoms with Crippen LogP contribution in [0, 0.1) is 24.7 Å². The minimum absolute atomic E-state index is 0.163. The number of carbonyl (C=O) groups is 2. The molecule has 0 saturated carbocycles. The van der Waals surface area contributed by atoms with Crippen LogP contribution in [-0.4, -0.2) is 42.1 Å². The number of aromatic carboxylic acids is 2. The van der Waals surface area contributed by atoms with E-state index in [0.29, 0.717) is 11.4 Å². The van der Waals surface area contributed by atoms with Gasteiger partial charge in [-0.2, -0.15) is 0 Å². The standard InChI is InChI=1S/C50H30N4O4/c1-3-29-5-9-31(10-6-29)45-37-21-22-38(51-37)46(32-11-7-30(4-2)8-12-32)40-24-26-42(53-40)48(34-15-19-36(20-16-34)50(57)58)44-28-27-43(54-44)47(41-25-23-39(45)52-41)33-13-17-35(18-14-33)49(55)56/h1-2,5-28,52-53H,(H,55,56)(H,57,58). The first kappa shape index (κ1) is 35.3. The Hall–Kier alpha value is -8.46. The molecule has 0 amide bonds. The van der Waals surface area contributed by atoms with Crippen molar-refractivity contribution in [3.8, 4) is 69.2 Å². The SMILES string of the molecule is C#Cc1ccc(-c2c3nc(c(-c4ccc(C#C)cc4)c4ccc([nH]4)c(-c4ccc(C(=O)O)cc4)c4nc(c(-c5ccc(C(=O)O)cc5)c5ccc2[nH]5)C=C4)C=C3)cc1. The summed E-state index contributed by atoms with van der Waals surface area (Å²) in [6.45, 7) is 0. The van der Waals surface area contributed by atoms with E-state index in [1.807, 2.05) is 97.1 Å². The predicted molar refractivity (Wildman–Crippen MR) is 230 cm³/mol. The third-order valence-electron chi connectivity index (χ3n) is 10.3. The number of nitrogens with zero attached hydrogens (tertiary/aromatic N) is 2. The molecule has 0 atom stereocenters. The Kier molecular flexibility index (Phi) is 8.70. The quantitative estimate of drug-likeness (QED) is 0.125. The van der Waals surface area contributed by atoms with E-state index in [-0.39, 0.29) is 11.1 Å². The van der Waals surface area contributed by atoms with Gasteiger partial charge in [0.15, 0.2) is 0 Å². The van der Waals surface area contributed by atoms with Gasteiger partial charge >= 0.3 is 11.9 Å². The Morgan fingerprint density at radius 3 is 0.914 bits per heavy atom. The average Bonchev–Trinajstić information content (AvgIpc) is 4.10. The number of aromatic amines is 2. The Balaban J connectivity index is 1.44. The van der Waals surface area contributed by atoms with E-state index in [1.54, 1.807) is 48.5 Å². The van der Waals surface area contributed by atoms with Gasteiger partial charge in [0, 0.05) is 55.4 Å². The highest BCUT2D eigenvalue weighted by molar-refractivity contribution is 6.00. The fourth-order valence-electron chi connectivity index (χ4n) is 7.45. The van der Waals surface area contributed by atoms with Gasteiger partial charge in [-0.3, -0.25) is 0 Å². The number of hydrogen-bond donors (Lipinski definition) is 4. The molecule has 4 N–H and O–H groups in total. The van der Waals surface area contributed by atoms with Gasteiger partial charge < -0.3 is 20.2 Å². The molecular formula is C50H30N4O4. The zero-order valence-electron chi connectivity index (χ0n) is 30.6. The largest absolute Gasteiger partial charge is 0.478 e. The highest BCUT2D eigenvalue weighted by Gasteiger charge is 2.19. The number of rotatable bonds is 6. The van der Waals surface area contributed by atoms with E-state index in [1.165, 1.54) is 0 Å². The number of terminal acetylenes is 2. The van der Waals surface area contributed by atoms with Gasteiger partial charge in [0.2, 0.25) is 0 Å². The van der Waals surface area contributed by atoms with Crippen LogP contribution in [0.2, 0.25) is 0 Å². The van der Waals surface area contributed by atoms with Crippen LogP contribution >= 0.6 is 0 Å². The maximum Gasteiger partial charge on any atom is 0.335 e. The predicted octanol–water partition coefficient (Wildman–Crippen LogP) is 10.7. The number of fused-ring (bicyclic) bond motifs is 8. The lowest BCUT2D eigenvalue weighted by Gasteiger charge is -2.07. The summed E-state index contributed by atoms with van der Waals surface area (Å²) in [5.74, 6) is 3.36. The van der Waals surface area contributed by atoms with Crippen molar-refractivity contribution in [2.45, 2.75) is 0 Å². The first-order chi connectivity index (χ1) is 28.3. The molecular weight excluding hydrogens is 721 g/mol. The van der Waals surface area contributed by atoms with Gasteiger partial charge in [-0.15, -0.1) is 12.8 Å². The molecule has 0 fully saturated rings. The van der Waals surface area contributed by atoms with Crippen molar-refractivity contribution in [3.05, 3.63) is 166 Å². The van der Waals surface area contributed by atoms with Crippen molar-refractivity contribution in [3.63, 3.8) is 0 Å². The second-order valence-corrected chi connectivity index (χ2v) is 13.7. The third kappa shape index (κ3) is 6.33. The summed E-state index contributed by atoms with van der Waals surface area (Å²) in [5.41, 5.74) is 14.1. The number of H-pyrrole nitrogens is 2. The monoisotopic (exact) mass is 750 g/mol. The highest BCUT2D eigenvalue weighted by atomic mass is 16.4. The Morgan fingerprint density at radius 2 is 0.672 bits per heavy atom. The first-order valence-electron chi connectivity index (χ1n) is 18.3. The van der Waals surface area contributed by atoms with Crippen molar-refractivity contribution in [1.29, 1.82) is 0 Å². The minimum atomic E-state index is -1.02. The molecule has 0 spiro atoms. The molecule has 4 aromatic carbocycles. The van der Waals surface area contributed by atoms with Crippen LogP contribution in [0.25, 0.3) is 90.9 Å². The minimum Gasteiger partial charge on any atom is -0.478 e. The summed E-state index contributed by atoms with van der Waals surface area (Å²) in [6.07, 6.45) is 19.3. The number of carboxylic acids is 2. The zero-order valence-corrected chi connectivity index (χ0v) is 30.6. The van der Waals surface area contributed by atoms with Crippen molar-refractivity contribution in [2.75, 3.05) is 0 Å². The number of nitrogens with one attached hydrogen (secondary N) is 2. The number of benzene rings is 4. The molecule has 3 aromatic heterocycles. The summed E-state index contributed by atoms with van der Waals surface area (Å²) < 4.78 is 0. The Bertz CT molecular complexity index is 2940. The van der Waals surface area contributed by atoms with Crippen molar-refractivity contribution in [2.24, 2.45) is 0 Å². The number of carboxylic acid groups (broad SMARTS) is 2. The maximum absolute atomic E-state index is 11.8. The summed E-state index contributed by atoms with van der Waals surface area (Å²) in [5, 5.41) is 19.4. The van der Waals surface area contributed by atoms with Crippen LogP contribution < -0.4 is 0 Å². The van der Waals surface area contributed by atoms with Crippen LogP contribution in [0.3, 0.4) is 0 Å². The molecule has 0 aliphatic carbocycles. The Morgan fingerprint density at radius 1 is 0.414 bits per heavy atom. The van der Waals surface area contributed by atoms with Gasteiger partial charge in [-0.05, 0) is 119 Å². The lowest BCUT2D eigenvalue weighted by Crippen LogP contribution is -1.96. The second kappa shape index (κ2) is 14.3. The summed E-state index contributed by atoms with van der Waals surface area (Å²) in [6, 6.07) is 36.9. The van der Waals surface area contributed by atoms with E-state index in [9.17, 15) is 19.8 Å². The first-order valence-corrected chi connectivity index (χ1v) is 18.3. The topological polar surface area (TPSA) is 132 Å². The van der Waals surface area contributed by atoms with Crippen molar-refractivity contribution < 1.29 is 19.8 Å². The second-order valence-electron chi connectivity index (χ2n) is 13.7. The number of aromatic nitrogens is 4.